The van der Waals surface area contributed by atoms with E-state index in [4.69, 9.17) is 4.74 Å². The van der Waals surface area contributed by atoms with Crippen molar-refractivity contribution in [2.45, 2.75) is 26.0 Å². The molecule has 0 saturated carbocycles. The first-order valence-corrected chi connectivity index (χ1v) is 10.3. The fourth-order valence-corrected chi connectivity index (χ4v) is 3.88. The van der Waals surface area contributed by atoms with Gasteiger partial charge in [-0.05, 0) is 48.4 Å². The number of hydrogen-bond acceptors (Lipinski definition) is 5. The van der Waals surface area contributed by atoms with Crippen LogP contribution < -0.4 is 0 Å². The minimum Gasteiger partial charge on any atom is -0.507 e. The highest BCUT2D eigenvalue weighted by molar-refractivity contribution is 6.46. The van der Waals surface area contributed by atoms with Crippen LogP contribution in [-0.2, 0) is 14.3 Å². The number of carbonyl (C=O) groups is 2. The van der Waals surface area contributed by atoms with E-state index in [2.05, 4.69) is 4.98 Å². The maximum absolute atomic E-state index is 13.0. The number of rotatable bonds is 6. The van der Waals surface area contributed by atoms with E-state index in [-0.39, 0.29) is 24.0 Å². The number of hydrogen-bond donors (Lipinski definition) is 1. The van der Waals surface area contributed by atoms with E-state index in [0.29, 0.717) is 17.7 Å². The summed E-state index contributed by atoms with van der Waals surface area (Å²) in [7, 11) is 0. The Labute approximate surface area is 180 Å². The van der Waals surface area contributed by atoms with E-state index in [0.717, 1.165) is 10.8 Å². The molecule has 1 aromatic heterocycles. The van der Waals surface area contributed by atoms with Crippen LogP contribution in [0.15, 0.2) is 72.6 Å². The van der Waals surface area contributed by atoms with E-state index in [1.807, 2.05) is 50.2 Å². The fraction of sp³-hybridized carbons (Fsp3) is 0.240. The number of benzene rings is 2. The molecule has 0 spiro atoms. The Kier molecular flexibility index (Phi) is 5.82. The van der Waals surface area contributed by atoms with Crippen molar-refractivity contribution in [3.63, 3.8) is 0 Å². The number of amides is 1. The Bertz CT molecular complexity index is 1150. The van der Waals surface area contributed by atoms with E-state index in [9.17, 15) is 14.7 Å². The number of likely N-dealkylation sites (tertiary alicyclic amines) is 1. The van der Waals surface area contributed by atoms with Crippen LogP contribution in [0.1, 0.15) is 31.0 Å². The molecule has 4 rings (SSSR count). The van der Waals surface area contributed by atoms with Gasteiger partial charge in [-0.15, -0.1) is 0 Å². The average Bonchev–Trinajstić information content (AvgIpc) is 3.03. The summed E-state index contributed by atoms with van der Waals surface area (Å²) in [5, 5.41) is 13.1. The van der Waals surface area contributed by atoms with Gasteiger partial charge >= 0.3 is 0 Å². The molecule has 1 aliphatic heterocycles. The highest BCUT2D eigenvalue weighted by Crippen LogP contribution is 2.39. The molecule has 0 aliphatic carbocycles. The maximum Gasteiger partial charge on any atom is 0.295 e. The second kappa shape index (κ2) is 8.70. The number of nitrogens with zero attached hydrogens (tertiary/aromatic N) is 2. The number of pyridine rings is 1. The van der Waals surface area contributed by atoms with Crippen molar-refractivity contribution >= 4 is 28.2 Å². The highest BCUT2D eigenvalue weighted by Gasteiger charge is 2.45. The van der Waals surface area contributed by atoms with Crippen molar-refractivity contribution in [1.82, 2.24) is 9.88 Å². The Morgan fingerprint density at radius 2 is 1.77 bits per heavy atom. The molecule has 2 aromatic carbocycles. The van der Waals surface area contributed by atoms with Crippen LogP contribution in [0.2, 0.25) is 0 Å². The third-order valence-electron chi connectivity index (χ3n) is 5.37. The van der Waals surface area contributed by atoms with Crippen LogP contribution in [0.5, 0.6) is 0 Å². The van der Waals surface area contributed by atoms with Gasteiger partial charge in [0.25, 0.3) is 11.7 Å². The predicted octanol–water partition coefficient (Wildman–Crippen LogP) is 4.08. The van der Waals surface area contributed by atoms with Gasteiger partial charge in [0.1, 0.15) is 5.76 Å². The van der Waals surface area contributed by atoms with Crippen molar-refractivity contribution < 1.29 is 19.4 Å². The van der Waals surface area contributed by atoms with Crippen LogP contribution >= 0.6 is 0 Å². The van der Waals surface area contributed by atoms with Gasteiger partial charge in [-0.1, -0.05) is 36.4 Å². The van der Waals surface area contributed by atoms with Crippen molar-refractivity contribution in [2.24, 2.45) is 0 Å². The lowest BCUT2D eigenvalue weighted by Crippen LogP contribution is -2.33. The number of Topliss-reactive ketones (excluding diaryl/α,β-unsaturated/α-hetero) is 1. The second-order valence-corrected chi connectivity index (χ2v) is 7.75. The number of carbonyl (C=O) groups excluding carboxylic acids is 2. The Balaban J connectivity index is 1.80. The molecule has 1 saturated heterocycles. The first-order chi connectivity index (χ1) is 15.0. The monoisotopic (exact) mass is 416 g/mol. The summed E-state index contributed by atoms with van der Waals surface area (Å²) in [4.78, 5) is 31.4. The zero-order valence-electron chi connectivity index (χ0n) is 17.5. The average molecular weight is 416 g/mol. The molecule has 1 aliphatic rings. The van der Waals surface area contributed by atoms with Crippen LogP contribution in [0, 0.1) is 0 Å². The molecule has 1 N–H and O–H groups in total. The smallest absolute Gasteiger partial charge is 0.295 e. The molecule has 2 heterocycles. The Hall–Kier alpha value is -3.51. The third kappa shape index (κ3) is 4.07. The van der Waals surface area contributed by atoms with Gasteiger partial charge in [-0.2, -0.15) is 0 Å². The van der Waals surface area contributed by atoms with Crippen molar-refractivity contribution in [1.29, 1.82) is 0 Å². The number of aromatic nitrogens is 1. The topological polar surface area (TPSA) is 79.7 Å². The lowest BCUT2D eigenvalue weighted by molar-refractivity contribution is -0.140. The molecule has 158 valence electrons. The summed E-state index contributed by atoms with van der Waals surface area (Å²) >= 11 is 0. The molecule has 1 atom stereocenters. The molecule has 6 heteroatoms. The summed E-state index contributed by atoms with van der Waals surface area (Å²) < 4.78 is 5.60. The predicted molar refractivity (Wildman–Crippen MR) is 118 cm³/mol. The summed E-state index contributed by atoms with van der Waals surface area (Å²) in [5.41, 5.74) is 1.28. The Morgan fingerprint density at radius 1 is 1.06 bits per heavy atom. The van der Waals surface area contributed by atoms with Gasteiger partial charge in [0, 0.05) is 24.5 Å². The molecule has 0 bridgehead atoms. The SMILES string of the molecule is CC(C)OCCN1C(=O)C(=O)/C(=C(\O)c2ccc3ccccc3c2)C1c1ccncc1. The van der Waals surface area contributed by atoms with Crippen molar-refractivity contribution in [2.75, 3.05) is 13.2 Å². The van der Waals surface area contributed by atoms with Gasteiger partial charge < -0.3 is 14.7 Å². The van der Waals surface area contributed by atoms with Crippen LogP contribution in [0.25, 0.3) is 16.5 Å². The van der Waals surface area contributed by atoms with Crippen LogP contribution in [0.4, 0.5) is 0 Å². The first kappa shape index (κ1) is 20.8. The fourth-order valence-electron chi connectivity index (χ4n) is 3.88. The zero-order valence-corrected chi connectivity index (χ0v) is 17.5. The maximum atomic E-state index is 13.0. The van der Waals surface area contributed by atoms with Crippen LogP contribution in [-0.4, -0.2) is 45.9 Å². The molecule has 31 heavy (non-hydrogen) atoms. The largest absolute Gasteiger partial charge is 0.507 e. The molecule has 0 radical (unpaired) electrons. The second-order valence-electron chi connectivity index (χ2n) is 7.75. The summed E-state index contributed by atoms with van der Waals surface area (Å²) in [6, 6.07) is 16.0. The molecular weight excluding hydrogens is 392 g/mol. The number of fused-ring (bicyclic) bond motifs is 1. The van der Waals surface area contributed by atoms with Gasteiger partial charge in [0.2, 0.25) is 0 Å². The van der Waals surface area contributed by atoms with E-state index >= 15 is 0 Å². The highest BCUT2D eigenvalue weighted by atomic mass is 16.5. The molecule has 3 aromatic rings. The lowest BCUT2D eigenvalue weighted by atomic mass is 9.95. The summed E-state index contributed by atoms with van der Waals surface area (Å²) in [6.07, 6.45) is 3.22. The molecule has 6 nitrogen and oxygen atoms in total. The minimum atomic E-state index is -0.703. The van der Waals surface area contributed by atoms with Gasteiger partial charge in [-0.3, -0.25) is 14.6 Å². The molecule has 1 unspecified atom stereocenters. The first-order valence-electron chi connectivity index (χ1n) is 10.3. The van der Waals surface area contributed by atoms with Crippen molar-refractivity contribution in [3.8, 4) is 0 Å². The number of ketones is 1. The quantitative estimate of drug-likeness (QED) is 0.372. The van der Waals surface area contributed by atoms with Crippen LogP contribution in [0.3, 0.4) is 0 Å². The van der Waals surface area contributed by atoms with Gasteiger partial charge in [-0.25, -0.2) is 0 Å². The Morgan fingerprint density at radius 3 is 2.48 bits per heavy atom. The van der Waals surface area contributed by atoms with Gasteiger partial charge in [0.15, 0.2) is 0 Å². The minimum absolute atomic E-state index is 0.00815. The number of aliphatic hydroxyl groups is 1. The third-order valence-corrected chi connectivity index (χ3v) is 5.37. The van der Waals surface area contributed by atoms with Gasteiger partial charge in [0.05, 0.1) is 24.3 Å². The molecule has 1 fully saturated rings. The lowest BCUT2D eigenvalue weighted by Gasteiger charge is -2.25. The normalized spacial score (nSPS) is 18.3. The standard InChI is InChI=1S/C25H24N2O4/c1-16(2)31-14-13-27-22(18-9-11-26-12-10-18)21(24(29)25(27)30)23(28)20-8-7-17-5-3-4-6-19(17)15-20/h3-12,15-16,22,28H,13-14H2,1-2H3/b23-21-. The number of ether oxygens (including phenoxy) is 1. The summed E-state index contributed by atoms with van der Waals surface area (Å²) in [5.74, 6) is -1.52. The summed E-state index contributed by atoms with van der Waals surface area (Å²) in [6.45, 7) is 4.36. The number of aliphatic hydroxyl groups excluding tert-OH is 1. The van der Waals surface area contributed by atoms with E-state index in [1.54, 1.807) is 30.6 Å². The van der Waals surface area contributed by atoms with Crippen molar-refractivity contribution in [3.05, 3.63) is 83.7 Å². The van der Waals surface area contributed by atoms with E-state index < -0.39 is 17.7 Å². The molecular formula is C25H24N2O4. The molecule has 1 amide bonds. The zero-order chi connectivity index (χ0) is 22.0. The van der Waals surface area contributed by atoms with E-state index in [1.165, 1.54) is 4.90 Å².